The largest absolute Gasteiger partial charge is 0.496 e. The lowest BCUT2D eigenvalue weighted by Crippen LogP contribution is -2.15. The predicted molar refractivity (Wildman–Crippen MR) is 79.7 cm³/mol. The first-order valence-corrected chi connectivity index (χ1v) is 6.69. The Labute approximate surface area is 123 Å². The number of pyridine rings is 1. The zero-order chi connectivity index (χ0) is 15.4. The van der Waals surface area contributed by atoms with Crippen LogP contribution in [0, 0.1) is 5.92 Å². The van der Waals surface area contributed by atoms with Crippen molar-refractivity contribution in [2.45, 2.75) is 13.3 Å². The first-order chi connectivity index (χ1) is 10.1. The number of nitrogens with zero attached hydrogens (tertiary/aromatic N) is 1. The van der Waals surface area contributed by atoms with E-state index in [0.29, 0.717) is 12.2 Å². The van der Waals surface area contributed by atoms with E-state index in [-0.39, 0.29) is 11.9 Å². The summed E-state index contributed by atoms with van der Waals surface area (Å²) >= 11 is 0. The van der Waals surface area contributed by atoms with Crippen molar-refractivity contribution in [1.82, 2.24) is 4.98 Å². The van der Waals surface area contributed by atoms with Crippen molar-refractivity contribution in [1.29, 1.82) is 0 Å². The molecule has 0 aliphatic carbocycles. The summed E-state index contributed by atoms with van der Waals surface area (Å²) in [5, 5.41) is 0.881. The Balaban J connectivity index is 2.42. The van der Waals surface area contributed by atoms with E-state index in [1.165, 1.54) is 7.11 Å². The van der Waals surface area contributed by atoms with Gasteiger partial charge in [0.25, 0.3) is 0 Å². The van der Waals surface area contributed by atoms with Crippen molar-refractivity contribution in [2.24, 2.45) is 5.92 Å². The fourth-order valence-electron chi connectivity index (χ4n) is 2.26. The molecule has 0 spiro atoms. The summed E-state index contributed by atoms with van der Waals surface area (Å²) in [7, 11) is 4.61. The molecule has 0 N–H and O–H groups in total. The summed E-state index contributed by atoms with van der Waals surface area (Å²) < 4.78 is 15.4. The molecule has 0 saturated heterocycles. The highest BCUT2D eigenvalue weighted by molar-refractivity contribution is 5.90. The molecule has 1 atom stereocenters. The van der Waals surface area contributed by atoms with Gasteiger partial charge in [0.1, 0.15) is 17.0 Å². The fourth-order valence-corrected chi connectivity index (χ4v) is 2.26. The van der Waals surface area contributed by atoms with E-state index in [4.69, 9.17) is 14.2 Å². The molecule has 0 saturated carbocycles. The Hall–Kier alpha value is -2.30. The van der Waals surface area contributed by atoms with Crippen molar-refractivity contribution >= 4 is 16.9 Å². The second kappa shape index (κ2) is 6.43. The lowest BCUT2D eigenvalue weighted by molar-refractivity contribution is -0.144. The van der Waals surface area contributed by atoms with Gasteiger partial charge in [-0.2, -0.15) is 0 Å². The van der Waals surface area contributed by atoms with Gasteiger partial charge >= 0.3 is 5.97 Å². The smallest absolute Gasteiger partial charge is 0.308 e. The summed E-state index contributed by atoms with van der Waals surface area (Å²) in [5.41, 5.74) is 1.54. The number of carbonyl (C=O) groups excluding carboxylic acids is 1. The molecule has 0 aliphatic heterocycles. The molecule has 5 heteroatoms. The average molecular weight is 289 g/mol. The highest BCUT2D eigenvalue weighted by Gasteiger charge is 2.16. The molecule has 21 heavy (non-hydrogen) atoms. The van der Waals surface area contributed by atoms with Gasteiger partial charge in [-0.05, 0) is 24.3 Å². The second-order valence-electron chi connectivity index (χ2n) is 4.80. The summed E-state index contributed by atoms with van der Waals surface area (Å²) in [6.45, 7) is 1.82. The van der Waals surface area contributed by atoms with Crippen LogP contribution in [0.4, 0.5) is 0 Å². The lowest BCUT2D eigenvalue weighted by Gasteiger charge is -2.12. The Morgan fingerprint density at radius 1 is 1.10 bits per heavy atom. The van der Waals surface area contributed by atoms with Crippen LogP contribution in [0.3, 0.4) is 0 Å². The van der Waals surface area contributed by atoms with Crippen molar-refractivity contribution in [3.63, 3.8) is 0 Å². The van der Waals surface area contributed by atoms with E-state index in [2.05, 4.69) is 4.98 Å². The predicted octanol–water partition coefficient (Wildman–Crippen LogP) is 2.60. The number of aromatic nitrogens is 1. The Morgan fingerprint density at radius 3 is 2.38 bits per heavy atom. The maximum absolute atomic E-state index is 11.5. The molecule has 0 amide bonds. The molecule has 112 valence electrons. The van der Waals surface area contributed by atoms with E-state index in [1.807, 2.05) is 31.2 Å². The van der Waals surface area contributed by atoms with Gasteiger partial charge in [0.15, 0.2) is 0 Å². The third-order valence-corrected chi connectivity index (χ3v) is 3.40. The number of fused-ring (bicyclic) bond motifs is 1. The van der Waals surface area contributed by atoms with Crippen LogP contribution in [0.25, 0.3) is 10.9 Å². The Morgan fingerprint density at radius 2 is 1.76 bits per heavy atom. The van der Waals surface area contributed by atoms with Crippen LogP contribution in [0.15, 0.2) is 24.3 Å². The molecule has 0 fully saturated rings. The zero-order valence-corrected chi connectivity index (χ0v) is 12.7. The van der Waals surface area contributed by atoms with Gasteiger partial charge < -0.3 is 14.2 Å². The molecule has 1 aromatic heterocycles. The molecular weight excluding hydrogens is 270 g/mol. The van der Waals surface area contributed by atoms with E-state index in [9.17, 15) is 4.79 Å². The number of hydrogen-bond donors (Lipinski definition) is 0. The fraction of sp³-hybridized carbons (Fsp3) is 0.375. The SMILES string of the molecule is COC(=O)C(C)Cc1ccc2c(OC)ccc(OC)c2n1. The molecule has 2 aromatic rings. The van der Waals surface area contributed by atoms with Gasteiger partial charge in [0.05, 0.1) is 27.2 Å². The number of methoxy groups -OCH3 is 3. The minimum atomic E-state index is -0.241. The molecule has 0 bridgehead atoms. The number of hydrogen-bond acceptors (Lipinski definition) is 5. The monoisotopic (exact) mass is 289 g/mol. The van der Waals surface area contributed by atoms with Crippen molar-refractivity contribution in [3.8, 4) is 11.5 Å². The number of benzene rings is 1. The van der Waals surface area contributed by atoms with Gasteiger partial charge in [-0.1, -0.05) is 6.92 Å². The summed E-state index contributed by atoms with van der Waals surface area (Å²) in [5.74, 6) is 0.940. The normalized spacial score (nSPS) is 12.0. The van der Waals surface area contributed by atoms with Crippen LogP contribution in [0.5, 0.6) is 11.5 Å². The van der Waals surface area contributed by atoms with E-state index < -0.39 is 0 Å². The zero-order valence-electron chi connectivity index (χ0n) is 12.7. The Kier molecular flexibility index (Phi) is 4.62. The molecular formula is C16H19NO4. The minimum Gasteiger partial charge on any atom is -0.496 e. The van der Waals surface area contributed by atoms with Gasteiger partial charge in [0.2, 0.25) is 0 Å². The summed E-state index contributed by atoms with van der Waals surface area (Å²) in [6, 6.07) is 7.49. The Bertz CT molecular complexity index is 654. The highest BCUT2D eigenvalue weighted by Crippen LogP contribution is 2.32. The van der Waals surface area contributed by atoms with Gasteiger partial charge in [0, 0.05) is 17.5 Å². The lowest BCUT2D eigenvalue weighted by atomic mass is 10.0. The quantitative estimate of drug-likeness (QED) is 0.792. The van der Waals surface area contributed by atoms with Crippen LogP contribution in [-0.2, 0) is 16.0 Å². The first kappa shape index (κ1) is 15.1. The van der Waals surface area contributed by atoms with Crippen molar-refractivity contribution < 1.29 is 19.0 Å². The van der Waals surface area contributed by atoms with Crippen LogP contribution < -0.4 is 9.47 Å². The molecule has 2 rings (SSSR count). The van der Waals surface area contributed by atoms with E-state index in [0.717, 1.165) is 22.3 Å². The maximum Gasteiger partial charge on any atom is 0.308 e. The van der Waals surface area contributed by atoms with Gasteiger partial charge in [-0.15, -0.1) is 0 Å². The summed E-state index contributed by atoms with van der Waals surface area (Å²) in [4.78, 5) is 16.1. The van der Waals surface area contributed by atoms with Crippen molar-refractivity contribution in [3.05, 3.63) is 30.0 Å². The number of rotatable bonds is 5. The number of ether oxygens (including phenoxy) is 3. The molecule has 0 radical (unpaired) electrons. The third kappa shape index (κ3) is 3.07. The number of carbonyl (C=O) groups is 1. The molecule has 1 unspecified atom stereocenters. The maximum atomic E-state index is 11.5. The van der Waals surface area contributed by atoms with Crippen LogP contribution in [-0.4, -0.2) is 32.3 Å². The summed E-state index contributed by atoms with van der Waals surface area (Å²) in [6.07, 6.45) is 0.517. The van der Waals surface area contributed by atoms with E-state index >= 15 is 0 Å². The third-order valence-electron chi connectivity index (χ3n) is 3.40. The van der Waals surface area contributed by atoms with Crippen LogP contribution >= 0.6 is 0 Å². The topological polar surface area (TPSA) is 57.7 Å². The average Bonchev–Trinajstić information content (AvgIpc) is 2.52. The van der Waals surface area contributed by atoms with E-state index in [1.54, 1.807) is 14.2 Å². The second-order valence-corrected chi connectivity index (χ2v) is 4.80. The van der Waals surface area contributed by atoms with Crippen LogP contribution in [0.1, 0.15) is 12.6 Å². The standard InChI is InChI=1S/C16H19NO4/c1-10(16(18)21-4)9-11-5-6-12-13(19-2)7-8-14(20-3)15(12)17-11/h5-8,10H,9H2,1-4H3. The van der Waals surface area contributed by atoms with Gasteiger partial charge in [-0.3, -0.25) is 4.79 Å². The molecule has 0 aliphatic rings. The number of esters is 1. The molecule has 1 heterocycles. The van der Waals surface area contributed by atoms with Crippen LogP contribution in [0.2, 0.25) is 0 Å². The van der Waals surface area contributed by atoms with Gasteiger partial charge in [-0.25, -0.2) is 4.98 Å². The minimum absolute atomic E-state index is 0.239. The first-order valence-electron chi connectivity index (χ1n) is 6.69. The van der Waals surface area contributed by atoms with Crippen molar-refractivity contribution in [2.75, 3.05) is 21.3 Å². The molecule has 1 aromatic carbocycles. The highest BCUT2D eigenvalue weighted by atomic mass is 16.5. The molecule has 5 nitrogen and oxygen atoms in total.